The molecule has 0 bridgehead atoms. The molecule has 138 valence electrons. The zero-order valence-electron chi connectivity index (χ0n) is 13.1. The van der Waals surface area contributed by atoms with Crippen molar-refractivity contribution in [2.75, 3.05) is 26.2 Å². The predicted octanol–water partition coefficient (Wildman–Crippen LogP) is 3.34. The SMILES string of the molecule is Cl.Cl.O=[N+]([O-])c1cc(F)cc([C@@H](c2cccs2)N2CCNCC2)c1O. The Labute approximate surface area is 160 Å². The fourth-order valence-corrected chi connectivity index (χ4v) is 3.75. The van der Waals surface area contributed by atoms with E-state index in [-0.39, 0.29) is 30.4 Å². The molecule has 10 heteroatoms. The number of nitrogens with zero attached hydrogens (tertiary/aromatic N) is 2. The predicted molar refractivity (Wildman–Crippen MR) is 99.8 cm³/mol. The van der Waals surface area contributed by atoms with Gasteiger partial charge < -0.3 is 10.4 Å². The number of rotatable bonds is 4. The van der Waals surface area contributed by atoms with Crippen LogP contribution in [-0.4, -0.2) is 41.1 Å². The van der Waals surface area contributed by atoms with Crippen LogP contribution in [0.3, 0.4) is 0 Å². The quantitative estimate of drug-likeness (QED) is 0.597. The lowest BCUT2D eigenvalue weighted by Gasteiger charge is -2.34. The Kier molecular flexibility index (Phi) is 8.04. The summed E-state index contributed by atoms with van der Waals surface area (Å²) in [5.74, 6) is -1.19. The molecule has 1 aromatic heterocycles. The number of hydrogen-bond acceptors (Lipinski definition) is 6. The summed E-state index contributed by atoms with van der Waals surface area (Å²) in [6, 6.07) is 5.32. The number of nitrogens with one attached hydrogen (secondary N) is 1. The van der Waals surface area contributed by atoms with Gasteiger partial charge in [0.05, 0.1) is 17.0 Å². The molecule has 0 unspecified atom stereocenters. The summed E-state index contributed by atoms with van der Waals surface area (Å²) in [5, 5.41) is 26.5. The first-order valence-electron chi connectivity index (χ1n) is 7.23. The molecule has 2 N–H and O–H groups in total. The smallest absolute Gasteiger partial charge is 0.313 e. The van der Waals surface area contributed by atoms with E-state index >= 15 is 0 Å². The van der Waals surface area contributed by atoms with Gasteiger partial charge in [-0.05, 0) is 17.5 Å². The van der Waals surface area contributed by atoms with Gasteiger partial charge >= 0.3 is 5.69 Å². The monoisotopic (exact) mass is 409 g/mol. The molecule has 1 aliphatic heterocycles. The highest BCUT2D eigenvalue weighted by Gasteiger charge is 2.31. The Morgan fingerprint density at radius 2 is 2.00 bits per heavy atom. The van der Waals surface area contributed by atoms with E-state index in [0.717, 1.165) is 24.0 Å². The van der Waals surface area contributed by atoms with Gasteiger partial charge in [-0.1, -0.05) is 6.07 Å². The van der Waals surface area contributed by atoms with Crippen LogP contribution in [0, 0.1) is 15.9 Å². The van der Waals surface area contributed by atoms with E-state index in [1.807, 2.05) is 17.5 Å². The van der Waals surface area contributed by atoms with E-state index < -0.39 is 28.2 Å². The second-order valence-electron chi connectivity index (χ2n) is 5.32. The maximum absolute atomic E-state index is 13.9. The number of phenolic OH excluding ortho intramolecular Hbond substituents is 1. The van der Waals surface area contributed by atoms with Gasteiger partial charge in [0.1, 0.15) is 5.82 Å². The first-order valence-corrected chi connectivity index (χ1v) is 8.11. The van der Waals surface area contributed by atoms with E-state index in [4.69, 9.17) is 0 Å². The first kappa shape index (κ1) is 21.6. The van der Waals surface area contributed by atoms with Gasteiger partial charge in [0.15, 0.2) is 5.75 Å². The molecule has 0 aliphatic carbocycles. The standard InChI is InChI=1S/C15H16FN3O3S.2ClH/c16-10-8-11(15(20)12(9-10)19(21)22)14(13-2-1-7-23-13)18-5-3-17-4-6-18;;/h1-2,7-9,14,17,20H,3-6H2;2*1H/t14-;;/m0../s1. The van der Waals surface area contributed by atoms with Gasteiger partial charge in [-0.15, -0.1) is 36.2 Å². The summed E-state index contributed by atoms with van der Waals surface area (Å²) in [4.78, 5) is 13.3. The highest BCUT2D eigenvalue weighted by molar-refractivity contribution is 7.10. The number of phenols is 1. The highest BCUT2D eigenvalue weighted by atomic mass is 35.5. The van der Waals surface area contributed by atoms with Crippen molar-refractivity contribution < 1.29 is 14.4 Å². The zero-order valence-corrected chi connectivity index (χ0v) is 15.5. The number of nitro groups is 1. The second-order valence-corrected chi connectivity index (χ2v) is 6.30. The Balaban J connectivity index is 0.00000156. The summed E-state index contributed by atoms with van der Waals surface area (Å²) in [6.45, 7) is 2.98. The minimum atomic E-state index is -0.759. The summed E-state index contributed by atoms with van der Waals surface area (Å²) in [7, 11) is 0. The summed E-state index contributed by atoms with van der Waals surface area (Å²) >= 11 is 1.48. The zero-order chi connectivity index (χ0) is 16.4. The number of benzene rings is 1. The molecular weight excluding hydrogens is 392 g/mol. The van der Waals surface area contributed by atoms with Crippen molar-refractivity contribution in [2.45, 2.75) is 6.04 Å². The van der Waals surface area contributed by atoms with Gasteiger partial charge in [-0.25, -0.2) is 4.39 Å². The lowest BCUT2D eigenvalue weighted by molar-refractivity contribution is -0.386. The fraction of sp³-hybridized carbons (Fsp3) is 0.333. The van der Waals surface area contributed by atoms with Crippen molar-refractivity contribution in [1.29, 1.82) is 0 Å². The van der Waals surface area contributed by atoms with Gasteiger partial charge in [0.2, 0.25) is 0 Å². The third kappa shape index (κ3) is 4.59. The van der Waals surface area contributed by atoms with Gasteiger partial charge in [-0.2, -0.15) is 0 Å². The molecular formula is C15H18Cl2FN3O3S. The minimum absolute atomic E-state index is 0. The van der Waals surface area contributed by atoms with Crippen LogP contribution in [0.2, 0.25) is 0 Å². The van der Waals surface area contributed by atoms with Crippen molar-refractivity contribution in [3.63, 3.8) is 0 Å². The van der Waals surface area contributed by atoms with E-state index in [9.17, 15) is 19.6 Å². The highest BCUT2D eigenvalue weighted by Crippen LogP contribution is 2.41. The molecule has 1 saturated heterocycles. The molecule has 0 amide bonds. The summed E-state index contributed by atoms with van der Waals surface area (Å²) in [6.07, 6.45) is 0. The summed E-state index contributed by atoms with van der Waals surface area (Å²) < 4.78 is 13.9. The molecule has 0 saturated carbocycles. The van der Waals surface area contributed by atoms with Crippen LogP contribution in [0.5, 0.6) is 5.75 Å². The number of halogens is 3. The maximum Gasteiger partial charge on any atom is 0.313 e. The molecule has 1 aromatic carbocycles. The molecule has 25 heavy (non-hydrogen) atoms. The number of thiophene rings is 1. The average molecular weight is 410 g/mol. The maximum atomic E-state index is 13.9. The van der Waals surface area contributed by atoms with Crippen LogP contribution in [0.1, 0.15) is 16.5 Å². The number of hydrogen-bond donors (Lipinski definition) is 2. The van der Waals surface area contributed by atoms with Gasteiger partial charge in [0.25, 0.3) is 0 Å². The molecule has 3 rings (SSSR count). The van der Waals surface area contributed by atoms with Gasteiger partial charge in [-0.3, -0.25) is 15.0 Å². The number of aromatic hydroxyl groups is 1. The lowest BCUT2D eigenvalue weighted by atomic mass is 10.0. The van der Waals surface area contributed by atoms with Crippen LogP contribution in [-0.2, 0) is 0 Å². The van der Waals surface area contributed by atoms with Crippen molar-refractivity contribution in [2.24, 2.45) is 0 Å². The molecule has 2 heterocycles. The average Bonchev–Trinajstić information content (AvgIpc) is 3.05. The molecule has 0 spiro atoms. The molecule has 2 aromatic rings. The number of piperazine rings is 1. The number of nitro benzene ring substituents is 1. The first-order chi connectivity index (χ1) is 11.1. The lowest BCUT2D eigenvalue weighted by Crippen LogP contribution is -2.45. The largest absolute Gasteiger partial charge is 0.502 e. The van der Waals surface area contributed by atoms with Crippen LogP contribution < -0.4 is 5.32 Å². The van der Waals surface area contributed by atoms with Crippen LogP contribution in [0.4, 0.5) is 10.1 Å². The van der Waals surface area contributed by atoms with Gasteiger partial charge in [0, 0.05) is 36.6 Å². The van der Waals surface area contributed by atoms with Crippen molar-refractivity contribution in [3.8, 4) is 5.75 Å². The van der Waals surface area contributed by atoms with E-state index in [2.05, 4.69) is 10.2 Å². The Morgan fingerprint density at radius 1 is 1.32 bits per heavy atom. The third-order valence-corrected chi connectivity index (χ3v) is 4.83. The molecule has 1 aliphatic rings. The molecule has 1 atom stereocenters. The van der Waals surface area contributed by atoms with Crippen LogP contribution in [0.15, 0.2) is 29.6 Å². The Bertz CT molecular complexity index is 712. The van der Waals surface area contributed by atoms with E-state index in [1.54, 1.807) is 0 Å². The molecule has 6 nitrogen and oxygen atoms in total. The molecule has 0 radical (unpaired) electrons. The van der Waals surface area contributed by atoms with Crippen molar-refractivity contribution in [3.05, 3.63) is 56.0 Å². The van der Waals surface area contributed by atoms with Crippen molar-refractivity contribution >= 4 is 41.8 Å². The summed E-state index contributed by atoms with van der Waals surface area (Å²) in [5.41, 5.74) is -0.363. The Hall–Kier alpha value is -1.45. The van der Waals surface area contributed by atoms with Crippen LogP contribution in [0.25, 0.3) is 0 Å². The minimum Gasteiger partial charge on any atom is -0.502 e. The topological polar surface area (TPSA) is 78.6 Å². The normalized spacial score (nSPS) is 15.7. The Morgan fingerprint density at radius 3 is 2.56 bits per heavy atom. The third-order valence-electron chi connectivity index (χ3n) is 3.90. The van der Waals surface area contributed by atoms with Crippen LogP contribution >= 0.6 is 36.2 Å². The van der Waals surface area contributed by atoms with E-state index in [1.165, 1.54) is 17.4 Å². The van der Waals surface area contributed by atoms with E-state index in [0.29, 0.717) is 13.1 Å². The second kappa shape index (κ2) is 9.30. The fourth-order valence-electron chi connectivity index (χ4n) is 2.87. The molecule has 1 fully saturated rings. The van der Waals surface area contributed by atoms with Crippen molar-refractivity contribution in [1.82, 2.24) is 10.2 Å².